The van der Waals surface area contributed by atoms with Gasteiger partial charge in [-0.25, -0.2) is 4.79 Å². The van der Waals surface area contributed by atoms with Crippen molar-refractivity contribution >= 4 is 16.9 Å². The lowest BCUT2D eigenvalue weighted by Gasteiger charge is -2.32. The lowest BCUT2D eigenvalue weighted by molar-refractivity contribution is -0.917. The molecule has 1 amide bonds. The summed E-state index contributed by atoms with van der Waals surface area (Å²) in [6.07, 6.45) is 0.0407. The Balaban J connectivity index is 1.42. The van der Waals surface area contributed by atoms with Gasteiger partial charge in [-0.05, 0) is 24.6 Å². The molecular formula is C23H25N2O4+. The first-order valence-electron chi connectivity index (χ1n) is 9.92. The van der Waals surface area contributed by atoms with Crippen LogP contribution < -0.4 is 10.5 Å². The maximum Gasteiger partial charge on any atom is 0.340 e. The highest BCUT2D eigenvalue weighted by molar-refractivity contribution is 5.85. The first kappa shape index (κ1) is 19.2. The van der Waals surface area contributed by atoms with Crippen molar-refractivity contribution in [2.45, 2.75) is 19.9 Å². The minimum absolute atomic E-state index is 0.0407. The maximum atomic E-state index is 12.8. The van der Waals surface area contributed by atoms with Gasteiger partial charge in [-0.1, -0.05) is 30.3 Å². The van der Waals surface area contributed by atoms with Crippen molar-refractivity contribution in [3.63, 3.8) is 0 Å². The highest BCUT2D eigenvalue weighted by Gasteiger charge is 2.25. The molecule has 0 saturated carbocycles. The van der Waals surface area contributed by atoms with E-state index in [1.165, 1.54) is 16.5 Å². The number of nitrogens with zero attached hydrogens (tertiary/aromatic N) is 1. The van der Waals surface area contributed by atoms with Gasteiger partial charge in [-0.15, -0.1) is 0 Å². The lowest BCUT2D eigenvalue weighted by atomic mass is 10.0. The van der Waals surface area contributed by atoms with Gasteiger partial charge in [-0.3, -0.25) is 4.79 Å². The van der Waals surface area contributed by atoms with Crippen molar-refractivity contribution in [2.75, 3.05) is 26.2 Å². The zero-order valence-corrected chi connectivity index (χ0v) is 16.5. The predicted octanol–water partition coefficient (Wildman–Crippen LogP) is 1.28. The third-order valence-electron chi connectivity index (χ3n) is 5.72. The van der Waals surface area contributed by atoms with Crippen LogP contribution in [0.2, 0.25) is 0 Å². The molecule has 2 heterocycles. The summed E-state index contributed by atoms with van der Waals surface area (Å²) in [7, 11) is 0. The quantitative estimate of drug-likeness (QED) is 0.655. The number of benzene rings is 2. The van der Waals surface area contributed by atoms with Crippen LogP contribution in [0, 0.1) is 6.92 Å². The fourth-order valence-electron chi connectivity index (χ4n) is 3.98. The van der Waals surface area contributed by atoms with Crippen LogP contribution in [0.25, 0.3) is 11.0 Å². The number of carbonyl (C=O) groups excluding carboxylic acids is 1. The number of phenols is 1. The largest absolute Gasteiger partial charge is 0.508 e. The van der Waals surface area contributed by atoms with Gasteiger partial charge in [0.2, 0.25) is 5.91 Å². The van der Waals surface area contributed by atoms with Crippen LogP contribution in [0.4, 0.5) is 0 Å². The summed E-state index contributed by atoms with van der Waals surface area (Å²) in [4.78, 5) is 28.5. The van der Waals surface area contributed by atoms with Gasteiger partial charge in [0.1, 0.15) is 17.9 Å². The second-order valence-electron chi connectivity index (χ2n) is 7.64. The van der Waals surface area contributed by atoms with E-state index in [2.05, 4.69) is 12.1 Å². The molecule has 0 atom stereocenters. The van der Waals surface area contributed by atoms with Crippen LogP contribution in [-0.4, -0.2) is 42.1 Å². The molecule has 4 rings (SSSR count). The normalized spacial score (nSPS) is 15.0. The Kier molecular flexibility index (Phi) is 5.36. The first-order valence-corrected chi connectivity index (χ1v) is 9.92. The van der Waals surface area contributed by atoms with Crippen molar-refractivity contribution in [3.8, 4) is 5.75 Å². The zero-order chi connectivity index (χ0) is 20.4. The molecule has 1 aliphatic rings. The minimum atomic E-state index is -0.512. The maximum absolute atomic E-state index is 12.8. The third kappa shape index (κ3) is 4.17. The topological polar surface area (TPSA) is 75.2 Å². The third-order valence-corrected chi connectivity index (χ3v) is 5.72. The van der Waals surface area contributed by atoms with Gasteiger partial charge in [-0.2, -0.15) is 0 Å². The SMILES string of the molecule is Cc1c(CC(=O)N2CC[NH+](Cc3ccccc3)CC2)c(=O)oc2cc(O)ccc12. The molecule has 2 N–H and O–H groups in total. The summed E-state index contributed by atoms with van der Waals surface area (Å²) < 4.78 is 5.34. The summed E-state index contributed by atoms with van der Waals surface area (Å²) in [5.74, 6) is -0.00274. The molecule has 1 aliphatic heterocycles. The Morgan fingerprint density at radius 3 is 2.59 bits per heavy atom. The Labute approximate surface area is 169 Å². The molecule has 3 aromatic rings. The number of aromatic hydroxyl groups is 1. The fourth-order valence-corrected chi connectivity index (χ4v) is 3.98. The van der Waals surface area contributed by atoms with E-state index in [0.29, 0.717) is 24.2 Å². The van der Waals surface area contributed by atoms with Crippen molar-refractivity contribution in [1.82, 2.24) is 4.90 Å². The highest BCUT2D eigenvalue weighted by atomic mass is 16.4. The van der Waals surface area contributed by atoms with Gasteiger partial charge in [0, 0.05) is 17.0 Å². The fraction of sp³-hybridized carbons (Fsp3) is 0.304. The Hall–Kier alpha value is -3.12. The number of nitrogens with one attached hydrogen (secondary N) is 1. The smallest absolute Gasteiger partial charge is 0.340 e. The second-order valence-corrected chi connectivity index (χ2v) is 7.64. The summed E-state index contributed by atoms with van der Waals surface area (Å²) in [5, 5.41) is 10.3. The average Bonchev–Trinajstić information content (AvgIpc) is 2.72. The van der Waals surface area contributed by atoms with Gasteiger partial charge >= 0.3 is 5.63 Å². The van der Waals surface area contributed by atoms with Crippen molar-refractivity contribution in [1.29, 1.82) is 0 Å². The number of amides is 1. The summed E-state index contributed by atoms with van der Waals surface area (Å²) in [6.45, 7) is 5.94. The number of hydrogen-bond donors (Lipinski definition) is 2. The number of quaternary nitrogens is 1. The molecule has 1 aromatic heterocycles. The van der Waals surface area contributed by atoms with Crippen LogP contribution in [0.15, 0.2) is 57.7 Å². The van der Waals surface area contributed by atoms with Gasteiger partial charge in [0.25, 0.3) is 0 Å². The Bertz CT molecular complexity index is 1080. The number of rotatable bonds is 4. The molecule has 150 valence electrons. The van der Waals surface area contributed by atoms with Gasteiger partial charge < -0.3 is 19.3 Å². The first-order chi connectivity index (χ1) is 14.0. The Morgan fingerprint density at radius 2 is 1.86 bits per heavy atom. The van der Waals surface area contributed by atoms with E-state index in [0.717, 1.165) is 30.6 Å². The molecular weight excluding hydrogens is 368 g/mol. The second kappa shape index (κ2) is 8.09. The summed E-state index contributed by atoms with van der Waals surface area (Å²) in [6, 6.07) is 15.1. The minimum Gasteiger partial charge on any atom is -0.508 e. The highest BCUT2D eigenvalue weighted by Crippen LogP contribution is 2.23. The summed E-state index contributed by atoms with van der Waals surface area (Å²) >= 11 is 0. The van der Waals surface area contributed by atoms with E-state index in [1.807, 2.05) is 30.0 Å². The molecule has 6 nitrogen and oxygen atoms in total. The molecule has 1 fully saturated rings. The molecule has 0 spiro atoms. The van der Waals surface area contributed by atoms with Crippen LogP contribution in [0.3, 0.4) is 0 Å². The molecule has 0 bridgehead atoms. The van der Waals surface area contributed by atoms with E-state index in [4.69, 9.17) is 4.42 Å². The van der Waals surface area contributed by atoms with Crippen LogP contribution >= 0.6 is 0 Å². The van der Waals surface area contributed by atoms with Crippen LogP contribution in [0.1, 0.15) is 16.7 Å². The monoisotopic (exact) mass is 393 g/mol. The average molecular weight is 393 g/mol. The Morgan fingerprint density at radius 1 is 1.14 bits per heavy atom. The standard InChI is InChI=1S/C23H24N2O4/c1-16-19-8-7-18(26)13-21(19)29-23(28)20(16)14-22(27)25-11-9-24(10-12-25)15-17-5-3-2-4-6-17/h2-8,13,26H,9-12,14-15H2,1H3/p+1. The number of fused-ring (bicyclic) bond motifs is 1. The molecule has 0 aliphatic carbocycles. The van der Waals surface area contributed by atoms with E-state index in [1.54, 1.807) is 12.1 Å². The summed E-state index contributed by atoms with van der Waals surface area (Å²) in [5.41, 5.74) is 2.26. The van der Waals surface area contributed by atoms with Crippen molar-refractivity contribution < 1.29 is 19.2 Å². The number of carbonyl (C=O) groups is 1. The number of hydrogen-bond acceptors (Lipinski definition) is 4. The van der Waals surface area contributed by atoms with E-state index in [9.17, 15) is 14.7 Å². The molecule has 0 unspecified atom stereocenters. The van der Waals surface area contributed by atoms with Crippen molar-refractivity contribution in [3.05, 3.63) is 75.6 Å². The van der Waals surface area contributed by atoms with Crippen molar-refractivity contribution in [2.24, 2.45) is 0 Å². The predicted molar refractivity (Wildman–Crippen MR) is 110 cm³/mol. The number of aryl methyl sites for hydroxylation is 1. The van der Waals surface area contributed by atoms with Crippen LogP contribution in [-0.2, 0) is 17.8 Å². The molecule has 1 saturated heterocycles. The lowest BCUT2D eigenvalue weighted by Crippen LogP contribution is -3.13. The number of piperazine rings is 1. The molecule has 0 radical (unpaired) electrons. The number of phenolic OH excluding ortho intramolecular Hbond substituents is 1. The van der Waals surface area contributed by atoms with E-state index in [-0.39, 0.29) is 18.1 Å². The van der Waals surface area contributed by atoms with E-state index >= 15 is 0 Å². The molecule has 29 heavy (non-hydrogen) atoms. The molecule has 2 aromatic carbocycles. The van der Waals surface area contributed by atoms with Crippen LogP contribution in [0.5, 0.6) is 5.75 Å². The van der Waals surface area contributed by atoms with Gasteiger partial charge in [0.15, 0.2) is 0 Å². The van der Waals surface area contributed by atoms with E-state index < -0.39 is 5.63 Å². The molecule has 6 heteroatoms. The zero-order valence-electron chi connectivity index (χ0n) is 16.5. The van der Waals surface area contributed by atoms with Gasteiger partial charge in [0.05, 0.1) is 38.2 Å².